The minimum absolute atomic E-state index is 0.0588. The maximum Gasteiger partial charge on any atom is 0.258 e. The zero-order valence-corrected chi connectivity index (χ0v) is 22.0. The summed E-state index contributed by atoms with van der Waals surface area (Å²) in [4.78, 5) is 32.2. The molecular weight excluding hydrogens is 514 g/mol. The van der Waals surface area contributed by atoms with E-state index in [1.807, 2.05) is 85.4 Å². The first-order chi connectivity index (χ1) is 16.2. The SMILES string of the molecule is CC(=O)N(c1ccc(Cl)cc1)[C@@H]1C[C@H](C)N(C(=O)c2ccc(N(C)C)cc2)c2cc(Br)ccc21. The molecule has 1 aliphatic heterocycles. The summed E-state index contributed by atoms with van der Waals surface area (Å²) in [6.07, 6.45) is 0.609. The second-order valence-corrected chi connectivity index (χ2v) is 10.1. The van der Waals surface area contributed by atoms with E-state index in [0.29, 0.717) is 17.0 Å². The van der Waals surface area contributed by atoms with E-state index in [9.17, 15) is 9.59 Å². The number of benzene rings is 3. The second-order valence-electron chi connectivity index (χ2n) is 8.79. The fourth-order valence-corrected chi connectivity index (χ4v) is 5.05. The number of carbonyl (C=O) groups is 2. The van der Waals surface area contributed by atoms with Crippen molar-refractivity contribution in [3.63, 3.8) is 0 Å². The van der Waals surface area contributed by atoms with Gasteiger partial charge in [0.25, 0.3) is 5.91 Å². The van der Waals surface area contributed by atoms with Gasteiger partial charge < -0.3 is 14.7 Å². The fraction of sp³-hybridized carbons (Fsp3) is 0.259. The summed E-state index contributed by atoms with van der Waals surface area (Å²) in [5.74, 6) is -0.121. The van der Waals surface area contributed by atoms with Gasteiger partial charge in [0.05, 0.1) is 11.7 Å². The smallest absolute Gasteiger partial charge is 0.258 e. The average Bonchev–Trinajstić information content (AvgIpc) is 2.80. The number of rotatable bonds is 4. The lowest BCUT2D eigenvalue weighted by molar-refractivity contribution is -0.117. The molecule has 0 N–H and O–H groups in total. The van der Waals surface area contributed by atoms with Gasteiger partial charge in [-0.1, -0.05) is 33.6 Å². The third-order valence-corrected chi connectivity index (χ3v) is 6.97. The minimum Gasteiger partial charge on any atom is -0.378 e. The monoisotopic (exact) mass is 539 g/mol. The molecule has 1 aliphatic rings. The highest BCUT2D eigenvalue weighted by molar-refractivity contribution is 9.10. The molecular formula is C27H27BrClN3O2. The van der Waals surface area contributed by atoms with Gasteiger partial charge in [-0.05, 0) is 79.6 Å². The number of fused-ring (bicyclic) bond motifs is 1. The molecule has 3 aromatic carbocycles. The molecule has 0 bridgehead atoms. The van der Waals surface area contributed by atoms with Gasteiger partial charge in [0.1, 0.15) is 0 Å². The van der Waals surface area contributed by atoms with Crippen LogP contribution in [0.5, 0.6) is 0 Å². The Balaban J connectivity index is 1.77. The molecule has 2 atom stereocenters. The van der Waals surface area contributed by atoms with Crippen molar-refractivity contribution in [2.45, 2.75) is 32.4 Å². The molecule has 0 saturated carbocycles. The predicted octanol–water partition coefficient (Wildman–Crippen LogP) is 6.70. The predicted molar refractivity (Wildman–Crippen MR) is 143 cm³/mol. The first kappa shape index (κ1) is 24.3. The van der Waals surface area contributed by atoms with Crippen LogP contribution in [0, 0.1) is 0 Å². The average molecular weight is 541 g/mol. The Hall–Kier alpha value is -2.83. The Kier molecular flexibility index (Phi) is 7.01. The van der Waals surface area contributed by atoms with E-state index in [1.54, 1.807) is 24.0 Å². The molecule has 0 fully saturated rings. The van der Waals surface area contributed by atoms with Crippen LogP contribution in [0.4, 0.5) is 17.1 Å². The number of hydrogen-bond donors (Lipinski definition) is 0. The molecule has 0 radical (unpaired) electrons. The summed E-state index contributed by atoms with van der Waals surface area (Å²) in [7, 11) is 3.94. The second kappa shape index (κ2) is 9.80. The van der Waals surface area contributed by atoms with Gasteiger partial charge in [0.2, 0.25) is 5.91 Å². The van der Waals surface area contributed by atoms with Crippen LogP contribution in [-0.2, 0) is 4.79 Å². The van der Waals surface area contributed by atoms with E-state index in [0.717, 1.165) is 27.1 Å². The molecule has 176 valence electrons. The summed E-state index contributed by atoms with van der Waals surface area (Å²) in [5, 5.41) is 0.616. The van der Waals surface area contributed by atoms with Crippen molar-refractivity contribution in [3.05, 3.63) is 87.4 Å². The van der Waals surface area contributed by atoms with Gasteiger partial charge in [-0.2, -0.15) is 0 Å². The van der Waals surface area contributed by atoms with Gasteiger partial charge >= 0.3 is 0 Å². The van der Waals surface area contributed by atoms with Gasteiger partial charge in [-0.3, -0.25) is 9.59 Å². The van der Waals surface area contributed by atoms with Crippen LogP contribution < -0.4 is 14.7 Å². The van der Waals surface area contributed by atoms with Gasteiger partial charge in [0.15, 0.2) is 0 Å². The van der Waals surface area contributed by atoms with Crippen molar-refractivity contribution in [2.75, 3.05) is 28.8 Å². The molecule has 0 unspecified atom stereocenters. The molecule has 7 heteroatoms. The maximum atomic E-state index is 13.7. The lowest BCUT2D eigenvalue weighted by Crippen LogP contribution is -2.47. The summed E-state index contributed by atoms with van der Waals surface area (Å²) in [5.41, 5.74) is 4.18. The van der Waals surface area contributed by atoms with E-state index >= 15 is 0 Å². The normalized spacial score (nSPS) is 17.2. The largest absolute Gasteiger partial charge is 0.378 e. The fourth-order valence-electron chi connectivity index (χ4n) is 4.58. The van der Waals surface area contributed by atoms with Crippen molar-refractivity contribution in [3.8, 4) is 0 Å². The van der Waals surface area contributed by atoms with Crippen molar-refractivity contribution >= 4 is 56.4 Å². The van der Waals surface area contributed by atoms with E-state index < -0.39 is 0 Å². The van der Waals surface area contributed by atoms with Crippen molar-refractivity contribution in [2.24, 2.45) is 0 Å². The standard InChI is InChI=1S/C27H27BrClN3O2/c1-17-15-25(32(18(2)33)23-12-8-21(29)9-13-23)24-14-7-20(28)16-26(24)31(17)27(34)19-5-10-22(11-6-19)30(3)4/h5-14,16-17,25H,15H2,1-4H3/t17-,25+/m0/s1. The van der Waals surface area contributed by atoms with Crippen LogP contribution in [0.3, 0.4) is 0 Å². The Morgan fingerprint density at radius 1 is 0.971 bits per heavy atom. The Morgan fingerprint density at radius 3 is 2.18 bits per heavy atom. The number of carbonyl (C=O) groups excluding carboxylic acids is 2. The summed E-state index contributed by atoms with van der Waals surface area (Å²) < 4.78 is 0.876. The number of hydrogen-bond acceptors (Lipinski definition) is 3. The van der Waals surface area contributed by atoms with E-state index in [1.165, 1.54) is 0 Å². The summed E-state index contributed by atoms with van der Waals surface area (Å²) >= 11 is 9.66. The number of amides is 2. The molecule has 4 rings (SSSR count). The van der Waals surface area contributed by atoms with E-state index in [4.69, 9.17) is 11.6 Å². The highest BCUT2D eigenvalue weighted by Gasteiger charge is 2.38. The van der Waals surface area contributed by atoms with Crippen molar-refractivity contribution in [1.29, 1.82) is 0 Å². The van der Waals surface area contributed by atoms with Crippen LogP contribution in [0.2, 0.25) is 5.02 Å². The molecule has 5 nitrogen and oxygen atoms in total. The van der Waals surface area contributed by atoms with E-state index in [-0.39, 0.29) is 23.9 Å². The molecule has 0 saturated heterocycles. The van der Waals surface area contributed by atoms with Crippen LogP contribution >= 0.6 is 27.5 Å². The maximum absolute atomic E-state index is 13.7. The van der Waals surface area contributed by atoms with Gasteiger partial charge in [0, 0.05) is 53.5 Å². The summed E-state index contributed by atoms with van der Waals surface area (Å²) in [6.45, 7) is 3.60. The first-order valence-corrected chi connectivity index (χ1v) is 12.3. The third kappa shape index (κ3) is 4.70. The molecule has 2 amide bonds. The number of nitrogens with zero attached hydrogens (tertiary/aromatic N) is 3. The highest BCUT2D eigenvalue weighted by atomic mass is 79.9. The Labute approximate surface area is 214 Å². The molecule has 3 aromatic rings. The molecule has 34 heavy (non-hydrogen) atoms. The third-order valence-electron chi connectivity index (χ3n) is 6.22. The molecule has 1 heterocycles. The van der Waals surface area contributed by atoms with Crippen molar-refractivity contribution < 1.29 is 9.59 Å². The lowest BCUT2D eigenvalue weighted by Gasteiger charge is -2.43. The van der Waals surface area contributed by atoms with Crippen LogP contribution in [0.1, 0.15) is 42.2 Å². The van der Waals surface area contributed by atoms with Gasteiger partial charge in [-0.25, -0.2) is 0 Å². The van der Waals surface area contributed by atoms with Gasteiger partial charge in [-0.15, -0.1) is 0 Å². The lowest BCUT2D eigenvalue weighted by atomic mass is 9.89. The molecule has 0 aromatic heterocycles. The first-order valence-electron chi connectivity index (χ1n) is 11.1. The summed E-state index contributed by atoms with van der Waals surface area (Å²) in [6, 6.07) is 20.5. The molecule has 0 spiro atoms. The van der Waals surface area contributed by atoms with Crippen LogP contribution in [0.15, 0.2) is 71.2 Å². The number of anilines is 3. The quantitative estimate of drug-likeness (QED) is 0.370. The Morgan fingerprint density at radius 2 is 1.59 bits per heavy atom. The van der Waals surface area contributed by atoms with Crippen molar-refractivity contribution in [1.82, 2.24) is 0 Å². The van der Waals surface area contributed by atoms with Crippen LogP contribution in [-0.4, -0.2) is 32.0 Å². The number of halogens is 2. The topological polar surface area (TPSA) is 43.9 Å². The Bertz CT molecular complexity index is 1210. The van der Waals surface area contributed by atoms with Crippen LogP contribution in [0.25, 0.3) is 0 Å². The zero-order chi connectivity index (χ0) is 24.6. The van der Waals surface area contributed by atoms with E-state index in [2.05, 4.69) is 15.9 Å². The zero-order valence-electron chi connectivity index (χ0n) is 19.6. The minimum atomic E-state index is -0.211. The highest BCUT2D eigenvalue weighted by Crippen LogP contribution is 2.44. The molecule has 0 aliphatic carbocycles.